The summed E-state index contributed by atoms with van der Waals surface area (Å²) < 4.78 is 7.38. The number of benzene rings is 4. The Bertz CT molecular complexity index is 2020. The van der Waals surface area contributed by atoms with Crippen molar-refractivity contribution in [2.45, 2.75) is 41.2 Å². The lowest BCUT2D eigenvalue weighted by molar-refractivity contribution is 0.0601. The maximum Gasteiger partial charge on any atom is 0.338 e. The molecule has 5 aromatic rings. The van der Waals surface area contributed by atoms with Gasteiger partial charge in [0.2, 0.25) is 0 Å². The molecule has 0 radical (unpaired) electrons. The number of carbonyl (C=O) groups excluding carboxylic acids is 3. The SMILES string of the molecule is CCn1c2cc(-c3ccc(C(=O)NCC(C)C)cc3C(=O)OC)c(C(=O)Nc3ccc(C(=N)N)cc3)cc2c2cc(C)cc(C)c21. The molecule has 1 heterocycles. The number of nitrogens with two attached hydrogens (primary N) is 1. The molecule has 0 unspecified atom stereocenters. The summed E-state index contributed by atoms with van der Waals surface area (Å²) in [6.45, 7) is 11.4. The minimum atomic E-state index is -0.623. The number of hydrogen-bond acceptors (Lipinski definition) is 5. The van der Waals surface area contributed by atoms with Crippen LogP contribution in [0.4, 0.5) is 5.69 Å². The van der Waals surface area contributed by atoms with Gasteiger partial charge in [0, 0.05) is 51.8 Å². The number of methoxy groups -OCH3 is 1. The van der Waals surface area contributed by atoms with Crippen LogP contribution in [0, 0.1) is 25.2 Å². The van der Waals surface area contributed by atoms with Gasteiger partial charge in [-0.05, 0) is 98.0 Å². The highest BCUT2D eigenvalue weighted by atomic mass is 16.5. The zero-order chi connectivity index (χ0) is 33.3. The average Bonchev–Trinajstić information content (AvgIpc) is 3.35. The number of rotatable bonds is 9. The smallest absolute Gasteiger partial charge is 0.338 e. The molecule has 9 nitrogen and oxygen atoms in total. The van der Waals surface area contributed by atoms with Gasteiger partial charge in [0.25, 0.3) is 11.8 Å². The van der Waals surface area contributed by atoms with Crippen LogP contribution < -0.4 is 16.4 Å². The number of fused-ring (bicyclic) bond motifs is 3. The van der Waals surface area contributed by atoms with E-state index >= 15 is 0 Å². The highest BCUT2D eigenvalue weighted by Gasteiger charge is 2.24. The molecule has 1 aromatic heterocycles. The van der Waals surface area contributed by atoms with Crippen LogP contribution in [-0.4, -0.2) is 41.8 Å². The number of nitrogens with one attached hydrogen (secondary N) is 3. The van der Waals surface area contributed by atoms with Gasteiger partial charge in [-0.3, -0.25) is 15.0 Å². The summed E-state index contributed by atoms with van der Waals surface area (Å²) in [5, 5.41) is 15.5. The fourth-order valence-corrected chi connectivity index (χ4v) is 5.94. The van der Waals surface area contributed by atoms with Crippen molar-refractivity contribution in [2.75, 3.05) is 19.0 Å². The third kappa shape index (κ3) is 6.08. The molecule has 0 aliphatic carbocycles. The van der Waals surface area contributed by atoms with E-state index in [2.05, 4.69) is 48.1 Å². The summed E-state index contributed by atoms with van der Waals surface area (Å²) in [6.07, 6.45) is 0. The number of aryl methyl sites for hydroxylation is 3. The average molecular weight is 618 g/mol. The molecule has 5 N–H and O–H groups in total. The molecule has 5 rings (SSSR count). The summed E-state index contributed by atoms with van der Waals surface area (Å²) in [6, 6.07) is 19.7. The lowest BCUT2D eigenvalue weighted by Gasteiger charge is -2.16. The van der Waals surface area contributed by atoms with Gasteiger partial charge < -0.3 is 25.7 Å². The van der Waals surface area contributed by atoms with Crippen molar-refractivity contribution < 1.29 is 19.1 Å². The Morgan fingerprint density at radius 3 is 2.20 bits per heavy atom. The number of ether oxygens (including phenoxy) is 1. The first-order chi connectivity index (χ1) is 21.9. The van der Waals surface area contributed by atoms with Gasteiger partial charge in [-0.25, -0.2) is 4.79 Å². The number of carbonyl (C=O) groups is 3. The van der Waals surface area contributed by atoms with Crippen LogP contribution in [0.25, 0.3) is 32.9 Å². The fourth-order valence-electron chi connectivity index (χ4n) is 5.94. The Hall–Kier alpha value is -5.44. The number of amidine groups is 1. The summed E-state index contributed by atoms with van der Waals surface area (Å²) in [5.74, 6) is -1.12. The van der Waals surface area contributed by atoms with E-state index in [1.807, 2.05) is 26.0 Å². The minimum absolute atomic E-state index is 0.0693. The lowest BCUT2D eigenvalue weighted by atomic mass is 9.91. The van der Waals surface area contributed by atoms with Crippen molar-refractivity contribution in [3.05, 3.63) is 100 Å². The summed E-state index contributed by atoms with van der Waals surface area (Å²) in [7, 11) is 1.29. The Morgan fingerprint density at radius 1 is 0.870 bits per heavy atom. The number of esters is 1. The van der Waals surface area contributed by atoms with Crippen molar-refractivity contribution in [3.8, 4) is 11.1 Å². The number of nitrogens with zero attached hydrogens (tertiary/aromatic N) is 1. The van der Waals surface area contributed by atoms with Crippen LogP contribution in [0.1, 0.15) is 68.5 Å². The summed E-state index contributed by atoms with van der Waals surface area (Å²) >= 11 is 0. The van der Waals surface area contributed by atoms with Crippen molar-refractivity contribution in [3.63, 3.8) is 0 Å². The largest absolute Gasteiger partial charge is 0.465 e. The molecule has 0 fully saturated rings. The number of hydrogen-bond donors (Lipinski definition) is 4. The third-order valence-electron chi connectivity index (χ3n) is 8.09. The molecule has 0 spiro atoms. The van der Waals surface area contributed by atoms with Crippen molar-refractivity contribution in [2.24, 2.45) is 11.7 Å². The predicted molar refractivity (Wildman–Crippen MR) is 184 cm³/mol. The van der Waals surface area contributed by atoms with Crippen LogP contribution in [0.3, 0.4) is 0 Å². The highest BCUT2D eigenvalue weighted by molar-refractivity contribution is 6.18. The molecular weight excluding hydrogens is 578 g/mol. The topological polar surface area (TPSA) is 139 Å². The van der Waals surface area contributed by atoms with E-state index in [1.54, 1.807) is 36.4 Å². The first-order valence-electron chi connectivity index (χ1n) is 15.3. The molecule has 0 aliphatic rings. The molecule has 46 heavy (non-hydrogen) atoms. The van der Waals surface area contributed by atoms with Crippen molar-refractivity contribution in [1.82, 2.24) is 9.88 Å². The highest BCUT2D eigenvalue weighted by Crippen LogP contribution is 2.38. The van der Waals surface area contributed by atoms with E-state index in [0.29, 0.717) is 46.6 Å². The summed E-state index contributed by atoms with van der Waals surface area (Å²) in [4.78, 5) is 40.3. The molecule has 0 atom stereocenters. The van der Waals surface area contributed by atoms with Gasteiger partial charge in [-0.15, -0.1) is 0 Å². The minimum Gasteiger partial charge on any atom is -0.465 e. The number of aromatic nitrogens is 1. The Kier molecular flexibility index (Phi) is 8.96. The molecule has 0 aliphatic heterocycles. The monoisotopic (exact) mass is 617 g/mol. The van der Waals surface area contributed by atoms with Gasteiger partial charge >= 0.3 is 5.97 Å². The molecule has 9 heteroatoms. The fraction of sp³-hybridized carbons (Fsp3) is 0.243. The lowest BCUT2D eigenvalue weighted by Crippen LogP contribution is -2.27. The number of anilines is 1. The normalized spacial score (nSPS) is 11.2. The van der Waals surface area contributed by atoms with Crippen molar-refractivity contribution >= 4 is 51.1 Å². The Morgan fingerprint density at radius 2 is 1.57 bits per heavy atom. The molecule has 0 saturated heterocycles. The van der Waals surface area contributed by atoms with Crippen LogP contribution in [-0.2, 0) is 11.3 Å². The second-order valence-electron chi connectivity index (χ2n) is 11.9. The van der Waals surface area contributed by atoms with Gasteiger partial charge in [-0.1, -0.05) is 31.5 Å². The molecule has 4 aromatic carbocycles. The van der Waals surface area contributed by atoms with E-state index in [9.17, 15) is 14.4 Å². The van der Waals surface area contributed by atoms with Crippen LogP contribution >= 0.6 is 0 Å². The molecule has 0 saturated carbocycles. The van der Waals surface area contributed by atoms with Gasteiger partial charge in [-0.2, -0.15) is 0 Å². The quantitative estimate of drug-likeness (QED) is 0.0818. The maximum atomic E-state index is 14.1. The van der Waals surface area contributed by atoms with E-state index < -0.39 is 5.97 Å². The number of nitrogen functional groups attached to an aromatic ring is 1. The van der Waals surface area contributed by atoms with Crippen molar-refractivity contribution in [1.29, 1.82) is 5.41 Å². The van der Waals surface area contributed by atoms with E-state index in [0.717, 1.165) is 32.9 Å². The second-order valence-corrected chi connectivity index (χ2v) is 11.9. The van der Waals surface area contributed by atoms with Crippen LogP contribution in [0.5, 0.6) is 0 Å². The molecule has 2 amide bonds. The first kappa shape index (κ1) is 32.0. The van der Waals surface area contributed by atoms with E-state index in [4.69, 9.17) is 15.9 Å². The zero-order valence-corrected chi connectivity index (χ0v) is 27.0. The Labute approximate surface area is 268 Å². The van der Waals surface area contributed by atoms with Crippen LogP contribution in [0.15, 0.2) is 66.7 Å². The van der Waals surface area contributed by atoms with Crippen LogP contribution in [0.2, 0.25) is 0 Å². The number of amides is 2. The molecular formula is C37H39N5O4. The first-order valence-corrected chi connectivity index (χ1v) is 15.3. The Balaban J connectivity index is 1.76. The summed E-state index contributed by atoms with van der Waals surface area (Å²) in [5.41, 5.74) is 12.7. The van der Waals surface area contributed by atoms with E-state index in [1.165, 1.54) is 13.2 Å². The molecule has 0 bridgehead atoms. The van der Waals surface area contributed by atoms with Gasteiger partial charge in [0.15, 0.2) is 0 Å². The zero-order valence-electron chi connectivity index (χ0n) is 27.0. The predicted octanol–water partition coefficient (Wildman–Crippen LogP) is 6.81. The third-order valence-corrected chi connectivity index (χ3v) is 8.09. The second kappa shape index (κ2) is 12.9. The molecule has 236 valence electrons. The van der Waals surface area contributed by atoms with Gasteiger partial charge in [0.1, 0.15) is 5.84 Å². The standard InChI is InChI=1S/C37H39N5O4/c1-7-42-32-18-27(26-13-10-24(16-31(26)37(45)46-6)35(43)40-19-20(2)3)30(17-28(32)29-15-21(4)14-22(5)33(29)42)36(44)41-25-11-8-23(9-12-25)34(38)39/h8-18,20H,7,19H2,1-6H3,(H3,38,39)(H,40,43)(H,41,44). The van der Waals surface area contributed by atoms with Gasteiger partial charge in [0.05, 0.1) is 18.2 Å². The van der Waals surface area contributed by atoms with E-state index in [-0.39, 0.29) is 29.1 Å². The maximum absolute atomic E-state index is 14.1.